The molecule has 0 unspecified atom stereocenters. The summed E-state index contributed by atoms with van der Waals surface area (Å²) in [5.41, 5.74) is 4.53. The van der Waals surface area contributed by atoms with Crippen molar-refractivity contribution in [2.45, 2.75) is 31.8 Å². The molecule has 4 rings (SSSR count). The van der Waals surface area contributed by atoms with Crippen LogP contribution in [0.5, 0.6) is 0 Å². The van der Waals surface area contributed by atoms with Crippen molar-refractivity contribution < 1.29 is 21.6 Å². The third-order valence-corrected chi connectivity index (χ3v) is 8.53. The van der Waals surface area contributed by atoms with Gasteiger partial charge in [-0.05, 0) is 50.1 Å². The van der Waals surface area contributed by atoms with Crippen molar-refractivity contribution in [3.63, 3.8) is 0 Å². The Labute approximate surface area is 195 Å². The fourth-order valence-electron chi connectivity index (χ4n) is 4.21. The smallest absolute Gasteiger partial charge is 0.345 e. The van der Waals surface area contributed by atoms with Crippen molar-refractivity contribution >= 4 is 26.5 Å². The molecule has 0 spiro atoms. The molecule has 3 aromatic rings. The summed E-state index contributed by atoms with van der Waals surface area (Å²) in [4.78, 5) is 6.47. The lowest BCUT2D eigenvalue weighted by Gasteiger charge is -2.33. The first kappa shape index (κ1) is 23.7. The largest absolute Gasteiger partial charge is 0.416 e. The Bertz CT molecular complexity index is 1260. The van der Waals surface area contributed by atoms with Crippen LogP contribution >= 0.6 is 11.3 Å². The molecule has 1 fully saturated rings. The van der Waals surface area contributed by atoms with Gasteiger partial charge in [0.25, 0.3) is 0 Å². The summed E-state index contributed by atoms with van der Waals surface area (Å²) in [5.74, 6) is 0. The van der Waals surface area contributed by atoms with Gasteiger partial charge >= 0.3 is 6.18 Å². The molecule has 1 saturated heterocycles. The first-order valence-corrected chi connectivity index (χ1v) is 12.7. The molecule has 1 aromatic heterocycles. The van der Waals surface area contributed by atoms with Crippen LogP contribution in [0.15, 0.2) is 46.7 Å². The lowest BCUT2D eigenvalue weighted by Crippen LogP contribution is -2.48. The Hall–Kier alpha value is -2.43. The lowest BCUT2D eigenvalue weighted by molar-refractivity contribution is -0.137. The molecule has 5 nitrogen and oxygen atoms in total. The number of nitrogens with zero attached hydrogens (tertiary/aromatic N) is 3. The molecule has 0 amide bonds. The van der Waals surface area contributed by atoms with Gasteiger partial charge in [0, 0.05) is 37.1 Å². The zero-order valence-corrected chi connectivity index (χ0v) is 20.1. The molecular weight excluding hydrogens is 471 g/mol. The van der Waals surface area contributed by atoms with Crippen LogP contribution in [0.1, 0.15) is 22.3 Å². The van der Waals surface area contributed by atoms with E-state index in [4.69, 9.17) is 4.98 Å². The maximum Gasteiger partial charge on any atom is 0.416 e. The SMILES string of the molecule is Cc1cc(C)c(-c2csc(N3CCN(S(=O)(=O)c4cccc(C(F)(F)F)c4)CC3)n2)c(C)c1. The monoisotopic (exact) mass is 495 g/mol. The first-order chi connectivity index (χ1) is 15.5. The average Bonchev–Trinajstić information content (AvgIpc) is 3.22. The zero-order chi connectivity index (χ0) is 24.0. The predicted molar refractivity (Wildman–Crippen MR) is 124 cm³/mol. The van der Waals surface area contributed by atoms with Gasteiger partial charge in [0.2, 0.25) is 10.0 Å². The van der Waals surface area contributed by atoms with Crippen molar-refractivity contribution in [3.05, 3.63) is 64.0 Å². The van der Waals surface area contributed by atoms with Crippen LogP contribution in [-0.2, 0) is 16.2 Å². The van der Waals surface area contributed by atoms with Gasteiger partial charge in [-0.1, -0.05) is 23.8 Å². The van der Waals surface area contributed by atoms with E-state index in [0.717, 1.165) is 39.6 Å². The van der Waals surface area contributed by atoms with Crippen LogP contribution in [-0.4, -0.2) is 43.9 Å². The highest BCUT2D eigenvalue weighted by Gasteiger charge is 2.34. The number of halogens is 3. The number of benzene rings is 2. The second-order valence-electron chi connectivity index (χ2n) is 8.21. The Balaban J connectivity index is 1.49. The van der Waals surface area contributed by atoms with Crippen LogP contribution in [0.3, 0.4) is 0 Å². The molecule has 0 saturated carbocycles. The quantitative estimate of drug-likeness (QED) is 0.495. The molecule has 0 atom stereocenters. The van der Waals surface area contributed by atoms with Gasteiger partial charge in [-0.25, -0.2) is 13.4 Å². The molecule has 33 heavy (non-hydrogen) atoms. The van der Waals surface area contributed by atoms with E-state index in [0.29, 0.717) is 19.2 Å². The molecule has 2 heterocycles. The number of alkyl halides is 3. The number of hydrogen-bond donors (Lipinski definition) is 0. The van der Waals surface area contributed by atoms with Crippen LogP contribution in [0, 0.1) is 20.8 Å². The van der Waals surface area contributed by atoms with E-state index in [-0.39, 0.29) is 18.0 Å². The standard InChI is InChI=1S/C23H24F3N3O2S2/c1-15-11-16(2)21(17(3)12-15)20-14-32-22(27-20)28-7-9-29(10-8-28)33(30,31)19-6-4-5-18(13-19)23(24,25)26/h4-6,11-14H,7-10H2,1-3H3. The molecule has 176 valence electrons. The van der Waals surface area contributed by atoms with E-state index < -0.39 is 21.8 Å². The molecule has 1 aliphatic rings. The molecule has 0 radical (unpaired) electrons. The van der Waals surface area contributed by atoms with Gasteiger partial charge in [-0.2, -0.15) is 17.5 Å². The molecule has 10 heteroatoms. The summed E-state index contributed by atoms with van der Waals surface area (Å²) < 4.78 is 66.1. The minimum absolute atomic E-state index is 0.177. The predicted octanol–water partition coefficient (Wildman–Crippen LogP) is 5.27. The molecule has 0 N–H and O–H groups in total. The number of rotatable bonds is 4. The third kappa shape index (κ3) is 4.78. The Morgan fingerprint density at radius 1 is 0.970 bits per heavy atom. The molecule has 2 aromatic carbocycles. The molecular formula is C23H24F3N3O2S2. The number of sulfonamides is 1. The third-order valence-electron chi connectivity index (χ3n) is 5.73. The van der Waals surface area contributed by atoms with Gasteiger partial charge in [-0.15, -0.1) is 11.3 Å². The van der Waals surface area contributed by atoms with Crippen molar-refractivity contribution in [1.29, 1.82) is 0 Å². The normalized spacial score (nSPS) is 15.8. The second-order valence-corrected chi connectivity index (χ2v) is 11.0. The summed E-state index contributed by atoms with van der Waals surface area (Å²) in [6.07, 6.45) is -4.60. The summed E-state index contributed by atoms with van der Waals surface area (Å²) in [7, 11) is -4.01. The highest BCUT2D eigenvalue weighted by atomic mass is 32.2. The van der Waals surface area contributed by atoms with Gasteiger partial charge in [0.1, 0.15) is 0 Å². The van der Waals surface area contributed by atoms with Gasteiger partial charge in [0.15, 0.2) is 5.13 Å². The van der Waals surface area contributed by atoms with Crippen LogP contribution in [0.25, 0.3) is 11.3 Å². The van der Waals surface area contributed by atoms with E-state index in [1.54, 1.807) is 0 Å². The highest BCUT2D eigenvalue weighted by Crippen LogP contribution is 2.34. The maximum absolute atomic E-state index is 13.0. The fourth-order valence-corrected chi connectivity index (χ4v) is 6.55. The summed E-state index contributed by atoms with van der Waals surface area (Å²) in [6.45, 7) is 7.36. The molecule has 1 aliphatic heterocycles. The first-order valence-electron chi connectivity index (χ1n) is 10.4. The summed E-state index contributed by atoms with van der Waals surface area (Å²) >= 11 is 1.50. The van der Waals surface area contributed by atoms with Crippen molar-refractivity contribution in [2.24, 2.45) is 0 Å². The van der Waals surface area contributed by atoms with Gasteiger partial charge in [-0.3, -0.25) is 0 Å². The minimum Gasteiger partial charge on any atom is -0.345 e. The maximum atomic E-state index is 13.0. The number of hydrogen-bond acceptors (Lipinski definition) is 5. The van der Waals surface area contributed by atoms with Crippen LogP contribution in [0.4, 0.5) is 18.3 Å². The van der Waals surface area contributed by atoms with Gasteiger partial charge < -0.3 is 4.90 Å². The van der Waals surface area contributed by atoms with Crippen molar-refractivity contribution in [3.8, 4) is 11.3 Å². The number of aromatic nitrogens is 1. The van der Waals surface area contributed by atoms with Gasteiger partial charge in [0.05, 0.1) is 16.2 Å². The Kier molecular flexibility index (Phi) is 6.28. The van der Waals surface area contributed by atoms with Crippen LogP contribution in [0.2, 0.25) is 0 Å². The second kappa shape index (κ2) is 8.73. The van der Waals surface area contributed by atoms with Crippen molar-refractivity contribution in [1.82, 2.24) is 9.29 Å². The topological polar surface area (TPSA) is 53.5 Å². The Morgan fingerprint density at radius 2 is 1.61 bits per heavy atom. The number of aryl methyl sites for hydroxylation is 3. The highest BCUT2D eigenvalue weighted by molar-refractivity contribution is 7.89. The number of anilines is 1. The number of piperazine rings is 1. The van der Waals surface area contributed by atoms with E-state index in [1.807, 2.05) is 10.3 Å². The zero-order valence-electron chi connectivity index (χ0n) is 18.5. The summed E-state index contributed by atoms with van der Waals surface area (Å²) in [5, 5.41) is 2.81. The van der Waals surface area contributed by atoms with E-state index in [9.17, 15) is 21.6 Å². The summed E-state index contributed by atoms with van der Waals surface area (Å²) in [6, 6.07) is 8.14. The van der Waals surface area contributed by atoms with E-state index in [2.05, 4.69) is 32.9 Å². The average molecular weight is 496 g/mol. The molecule has 0 bridgehead atoms. The van der Waals surface area contributed by atoms with E-state index >= 15 is 0 Å². The lowest BCUT2D eigenvalue weighted by atomic mass is 9.98. The fraction of sp³-hybridized carbons (Fsp3) is 0.348. The number of thiazole rings is 1. The van der Waals surface area contributed by atoms with Crippen molar-refractivity contribution in [2.75, 3.05) is 31.1 Å². The molecule has 0 aliphatic carbocycles. The van der Waals surface area contributed by atoms with E-state index in [1.165, 1.54) is 27.3 Å². The van der Waals surface area contributed by atoms with Crippen LogP contribution < -0.4 is 4.90 Å². The minimum atomic E-state index is -4.60. The Morgan fingerprint density at radius 3 is 2.21 bits per heavy atom.